The number of rotatable bonds is 4. The van der Waals surface area contributed by atoms with Crippen LogP contribution in [0.4, 0.5) is 5.69 Å². The van der Waals surface area contributed by atoms with E-state index in [0.717, 1.165) is 12.5 Å². The van der Waals surface area contributed by atoms with Crippen LogP contribution in [0.3, 0.4) is 0 Å². The Morgan fingerprint density at radius 1 is 1.50 bits per heavy atom. The van der Waals surface area contributed by atoms with Gasteiger partial charge in [-0.15, -0.1) is 0 Å². The molecule has 7 nitrogen and oxygen atoms in total. The highest BCUT2D eigenvalue weighted by Gasteiger charge is 2.37. The molecule has 2 rings (SSSR count). The fraction of sp³-hybridized carbons (Fsp3) is 0.538. The minimum atomic E-state index is -4.03. The van der Waals surface area contributed by atoms with Crippen molar-refractivity contribution < 1.29 is 13.3 Å². The zero-order chi connectivity index (χ0) is 16.5. The number of hydrogen-bond donors (Lipinski definition) is 1. The Kier molecular flexibility index (Phi) is 5.06. The number of nitro groups is 1. The molecule has 2 unspecified atom stereocenters. The minimum Gasteiger partial charge on any atom is -0.328 e. The van der Waals surface area contributed by atoms with E-state index in [1.54, 1.807) is 0 Å². The minimum absolute atomic E-state index is 0.0325. The molecule has 1 fully saturated rings. The molecule has 1 aliphatic rings. The number of sulfonamides is 1. The summed E-state index contributed by atoms with van der Waals surface area (Å²) in [6, 6.07) is 3.71. The second-order valence-electron chi connectivity index (χ2n) is 5.47. The smallest absolute Gasteiger partial charge is 0.290 e. The lowest BCUT2D eigenvalue weighted by molar-refractivity contribution is -0.387. The van der Waals surface area contributed by atoms with Crippen molar-refractivity contribution in [2.24, 2.45) is 11.7 Å². The number of hydrogen-bond acceptors (Lipinski definition) is 5. The number of piperidine rings is 1. The third kappa shape index (κ3) is 3.24. The van der Waals surface area contributed by atoms with Gasteiger partial charge in [0.1, 0.15) is 0 Å². The summed E-state index contributed by atoms with van der Waals surface area (Å²) < 4.78 is 26.8. The maximum absolute atomic E-state index is 12.8. The topological polar surface area (TPSA) is 107 Å². The Morgan fingerprint density at radius 3 is 2.77 bits per heavy atom. The van der Waals surface area contributed by atoms with Gasteiger partial charge in [-0.2, -0.15) is 4.31 Å². The van der Waals surface area contributed by atoms with E-state index in [-0.39, 0.29) is 23.5 Å². The van der Waals surface area contributed by atoms with E-state index in [0.29, 0.717) is 13.0 Å². The molecule has 1 aliphatic heterocycles. The summed E-state index contributed by atoms with van der Waals surface area (Å²) in [6.45, 7) is 2.40. The molecule has 0 spiro atoms. The van der Waals surface area contributed by atoms with Crippen molar-refractivity contribution >= 4 is 27.3 Å². The van der Waals surface area contributed by atoms with Crippen LogP contribution in [0, 0.1) is 16.0 Å². The number of nitro benzene ring substituents is 1. The second-order valence-corrected chi connectivity index (χ2v) is 7.75. The van der Waals surface area contributed by atoms with Crippen LogP contribution < -0.4 is 5.73 Å². The van der Waals surface area contributed by atoms with E-state index in [1.165, 1.54) is 16.4 Å². The summed E-state index contributed by atoms with van der Waals surface area (Å²) in [5.41, 5.74) is 5.36. The molecule has 1 aromatic carbocycles. The summed E-state index contributed by atoms with van der Waals surface area (Å²) in [4.78, 5) is 9.95. The molecule has 1 saturated heterocycles. The van der Waals surface area contributed by atoms with Gasteiger partial charge in [0.2, 0.25) is 0 Å². The molecule has 9 heteroatoms. The monoisotopic (exact) mass is 347 g/mol. The highest BCUT2D eigenvalue weighted by molar-refractivity contribution is 7.89. The molecule has 1 aromatic rings. The number of nitrogens with two attached hydrogens (primary N) is 1. The van der Waals surface area contributed by atoms with Gasteiger partial charge in [-0.25, -0.2) is 8.42 Å². The lowest BCUT2D eigenvalue weighted by Crippen LogP contribution is -2.45. The molecule has 0 aliphatic carbocycles. The average molecular weight is 348 g/mol. The molecule has 0 saturated carbocycles. The quantitative estimate of drug-likeness (QED) is 0.662. The Balaban J connectivity index is 2.45. The fourth-order valence-corrected chi connectivity index (χ4v) is 4.85. The van der Waals surface area contributed by atoms with Gasteiger partial charge >= 0.3 is 0 Å². The lowest BCUT2D eigenvalue weighted by atomic mass is 9.93. The Labute approximate surface area is 134 Å². The summed E-state index contributed by atoms with van der Waals surface area (Å²) in [5.74, 6) is 0.0325. The zero-order valence-electron chi connectivity index (χ0n) is 12.1. The van der Waals surface area contributed by atoms with E-state index in [9.17, 15) is 18.5 Å². The first-order valence-electron chi connectivity index (χ1n) is 6.93. The second kappa shape index (κ2) is 6.49. The van der Waals surface area contributed by atoms with Gasteiger partial charge in [0.05, 0.1) is 9.95 Å². The highest BCUT2D eigenvalue weighted by Crippen LogP contribution is 2.35. The molecule has 2 N–H and O–H groups in total. The third-order valence-corrected chi connectivity index (χ3v) is 6.29. The van der Waals surface area contributed by atoms with Crippen molar-refractivity contribution in [2.75, 3.05) is 13.1 Å². The van der Waals surface area contributed by atoms with E-state index in [2.05, 4.69) is 0 Å². The van der Waals surface area contributed by atoms with Gasteiger partial charge in [0, 0.05) is 25.2 Å². The van der Waals surface area contributed by atoms with Crippen molar-refractivity contribution in [3.8, 4) is 0 Å². The van der Waals surface area contributed by atoms with Crippen molar-refractivity contribution in [3.63, 3.8) is 0 Å². The first-order valence-corrected chi connectivity index (χ1v) is 8.75. The van der Waals surface area contributed by atoms with E-state index in [1.807, 2.05) is 6.92 Å². The average Bonchev–Trinajstić information content (AvgIpc) is 2.46. The van der Waals surface area contributed by atoms with Crippen LogP contribution in [0.25, 0.3) is 0 Å². The molecular formula is C13H18ClN3O4S. The zero-order valence-corrected chi connectivity index (χ0v) is 13.7. The van der Waals surface area contributed by atoms with Gasteiger partial charge in [-0.1, -0.05) is 17.7 Å². The molecule has 122 valence electrons. The molecular weight excluding hydrogens is 330 g/mol. The predicted octanol–water partition coefficient (Wildman–Crippen LogP) is 2.00. The Hall–Kier alpha value is -1.22. The first kappa shape index (κ1) is 17.1. The van der Waals surface area contributed by atoms with Gasteiger partial charge in [0.15, 0.2) is 4.90 Å². The van der Waals surface area contributed by atoms with E-state index < -0.39 is 25.5 Å². The van der Waals surface area contributed by atoms with Crippen LogP contribution in [-0.2, 0) is 10.0 Å². The van der Waals surface area contributed by atoms with E-state index >= 15 is 0 Å². The number of nitrogens with zero attached hydrogens (tertiary/aromatic N) is 2. The van der Waals surface area contributed by atoms with Crippen LogP contribution >= 0.6 is 11.6 Å². The van der Waals surface area contributed by atoms with Crippen LogP contribution in [0.2, 0.25) is 5.02 Å². The summed E-state index contributed by atoms with van der Waals surface area (Å²) in [6.07, 6.45) is 1.51. The van der Waals surface area contributed by atoms with Crippen molar-refractivity contribution in [1.82, 2.24) is 4.31 Å². The van der Waals surface area contributed by atoms with Crippen LogP contribution in [0.5, 0.6) is 0 Å². The summed E-state index contributed by atoms with van der Waals surface area (Å²) >= 11 is 5.94. The maximum Gasteiger partial charge on any atom is 0.290 e. The highest BCUT2D eigenvalue weighted by atomic mass is 35.5. The molecule has 0 amide bonds. The third-order valence-electron chi connectivity index (χ3n) is 3.90. The van der Waals surface area contributed by atoms with Gasteiger partial charge in [-0.3, -0.25) is 10.1 Å². The van der Waals surface area contributed by atoms with Crippen LogP contribution in [0.1, 0.15) is 19.8 Å². The first-order chi connectivity index (χ1) is 10.2. The largest absolute Gasteiger partial charge is 0.328 e. The van der Waals surface area contributed by atoms with Crippen molar-refractivity contribution in [3.05, 3.63) is 33.3 Å². The molecule has 0 aromatic heterocycles. The van der Waals surface area contributed by atoms with Crippen LogP contribution in [0.15, 0.2) is 23.1 Å². The molecule has 1 heterocycles. The molecule has 22 heavy (non-hydrogen) atoms. The standard InChI is InChI=1S/C13H18ClN3O4S/c1-9(15)10-4-3-7-16(8-10)22(20,21)13-11(14)5-2-6-12(13)17(18)19/h2,5-6,9-10H,3-4,7-8,15H2,1H3. The van der Waals surface area contributed by atoms with E-state index in [4.69, 9.17) is 17.3 Å². The number of halogens is 1. The normalized spacial score (nSPS) is 21.5. The fourth-order valence-electron chi connectivity index (χ4n) is 2.65. The van der Waals surface area contributed by atoms with Gasteiger partial charge in [-0.05, 0) is 31.7 Å². The maximum atomic E-state index is 12.8. The summed E-state index contributed by atoms with van der Waals surface area (Å²) in [5, 5.41) is 11.0. The molecule has 2 atom stereocenters. The summed E-state index contributed by atoms with van der Waals surface area (Å²) in [7, 11) is -4.03. The molecule has 0 bridgehead atoms. The van der Waals surface area contributed by atoms with Crippen molar-refractivity contribution in [2.45, 2.75) is 30.7 Å². The Bertz CT molecular complexity index is 678. The van der Waals surface area contributed by atoms with Gasteiger partial charge < -0.3 is 5.73 Å². The SMILES string of the molecule is CC(N)C1CCCN(S(=O)(=O)c2c(Cl)cccc2[N+](=O)[O-])C1. The number of benzene rings is 1. The predicted molar refractivity (Wildman–Crippen MR) is 83.2 cm³/mol. The van der Waals surface area contributed by atoms with Gasteiger partial charge in [0.25, 0.3) is 15.7 Å². The van der Waals surface area contributed by atoms with Crippen LogP contribution in [-0.4, -0.2) is 36.8 Å². The lowest BCUT2D eigenvalue weighted by Gasteiger charge is -2.33. The van der Waals surface area contributed by atoms with Crippen molar-refractivity contribution in [1.29, 1.82) is 0 Å². The Morgan fingerprint density at radius 2 is 2.18 bits per heavy atom. The molecule has 0 radical (unpaired) electrons.